The first-order chi connectivity index (χ1) is 10.6. The van der Waals surface area contributed by atoms with E-state index in [0.717, 1.165) is 23.5 Å². The van der Waals surface area contributed by atoms with Gasteiger partial charge in [0, 0.05) is 27.7 Å². The van der Waals surface area contributed by atoms with Gasteiger partial charge in [-0.2, -0.15) is 0 Å². The third-order valence-corrected chi connectivity index (χ3v) is 4.62. The molecular formula is C13H12O8S2. The number of thioether (sulfide) groups is 2. The van der Waals surface area contributed by atoms with Crippen molar-refractivity contribution in [2.75, 3.05) is 0 Å². The average Bonchev–Trinajstić information content (AvgIpc) is 2.67. The molecule has 0 amide bonds. The Morgan fingerprint density at radius 1 is 0.913 bits per heavy atom. The molecular weight excluding hydrogens is 348 g/mol. The topological polar surface area (TPSA) is 105 Å². The summed E-state index contributed by atoms with van der Waals surface area (Å²) in [6.45, 7) is 5.18. The van der Waals surface area contributed by atoms with Crippen molar-refractivity contribution in [1.82, 2.24) is 0 Å². The number of hydrogen-bond acceptors (Lipinski definition) is 10. The number of cyclic esters (lactones) is 2. The zero-order valence-corrected chi connectivity index (χ0v) is 14.2. The van der Waals surface area contributed by atoms with Crippen LogP contribution < -0.4 is 0 Å². The van der Waals surface area contributed by atoms with Gasteiger partial charge in [-0.25, -0.2) is 9.59 Å². The van der Waals surface area contributed by atoms with Gasteiger partial charge in [-0.3, -0.25) is 9.59 Å². The Balaban J connectivity index is 2.33. The lowest BCUT2D eigenvalue weighted by Gasteiger charge is -2.30. The van der Waals surface area contributed by atoms with E-state index >= 15 is 0 Å². The van der Waals surface area contributed by atoms with Gasteiger partial charge in [0.25, 0.3) is 5.79 Å². The van der Waals surface area contributed by atoms with E-state index in [1.165, 1.54) is 27.7 Å². The molecule has 2 rings (SSSR count). The molecule has 0 unspecified atom stereocenters. The molecule has 0 atom stereocenters. The van der Waals surface area contributed by atoms with Crippen LogP contribution in [0.25, 0.3) is 0 Å². The van der Waals surface area contributed by atoms with Gasteiger partial charge in [0.05, 0.1) is 4.24 Å². The fraction of sp³-hybridized carbons (Fsp3) is 0.385. The highest BCUT2D eigenvalue weighted by atomic mass is 32.2. The number of hydrogen-bond donors (Lipinski definition) is 0. The van der Waals surface area contributed by atoms with Crippen LogP contribution in [-0.2, 0) is 38.1 Å². The van der Waals surface area contributed by atoms with Crippen molar-refractivity contribution < 1.29 is 38.1 Å². The first-order valence-electron chi connectivity index (χ1n) is 6.27. The predicted molar refractivity (Wildman–Crippen MR) is 79.0 cm³/mol. The fourth-order valence-electron chi connectivity index (χ4n) is 1.58. The van der Waals surface area contributed by atoms with E-state index in [1.807, 2.05) is 0 Å². The third kappa shape index (κ3) is 4.08. The molecule has 2 aliphatic rings. The molecule has 0 saturated carbocycles. The molecule has 1 fully saturated rings. The third-order valence-electron chi connectivity index (χ3n) is 2.30. The van der Waals surface area contributed by atoms with Crippen molar-refractivity contribution in [3.63, 3.8) is 0 Å². The number of rotatable bonds is 2. The molecule has 0 spiro atoms. The van der Waals surface area contributed by atoms with Crippen molar-refractivity contribution in [3.05, 3.63) is 20.0 Å². The van der Waals surface area contributed by atoms with E-state index < -0.39 is 29.7 Å². The number of carbonyl (C=O) groups excluding carboxylic acids is 4. The van der Waals surface area contributed by atoms with Crippen LogP contribution >= 0.6 is 23.5 Å². The Bertz CT molecular complexity index is 621. The van der Waals surface area contributed by atoms with Gasteiger partial charge >= 0.3 is 23.9 Å². The van der Waals surface area contributed by atoms with Crippen LogP contribution in [-0.4, -0.2) is 29.7 Å². The van der Waals surface area contributed by atoms with Crippen LogP contribution in [0, 0.1) is 0 Å². The Hall–Kier alpha value is -1.94. The van der Waals surface area contributed by atoms with Gasteiger partial charge in [0.15, 0.2) is 5.57 Å². The molecule has 0 aromatic heterocycles. The Kier molecular flexibility index (Phi) is 4.76. The molecule has 8 nitrogen and oxygen atoms in total. The predicted octanol–water partition coefficient (Wildman–Crippen LogP) is 1.77. The van der Waals surface area contributed by atoms with E-state index in [0.29, 0.717) is 0 Å². The second-order valence-electron chi connectivity index (χ2n) is 4.81. The van der Waals surface area contributed by atoms with E-state index in [2.05, 4.69) is 0 Å². The van der Waals surface area contributed by atoms with Gasteiger partial charge in [-0.1, -0.05) is 0 Å². The lowest BCUT2D eigenvalue weighted by molar-refractivity contribution is -0.222. The van der Waals surface area contributed by atoms with Crippen LogP contribution in [0.5, 0.6) is 0 Å². The second-order valence-corrected chi connectivity index (χ2v) is 7.03. The normalized spacial score (nSPS) is 20.2. The Labute approximate surface area is 139 Å². The van der Waals surface area contributed by atoms with Crippen molar-refractivity contribution in [2.24, 2.45) is 0 Å². The highest BCUT2D eigenvalue weighted by molar-refractivity contribution is 8.28. The molecule has 2 heterocycles. The quantitative estimate of drug-likeness (QED) is 0.313. The SMILES string of the molecule is CC(=O)OC1=C(OC(C)=O)SC(=C2C(=O)OC(C)(C)OC2=O)S1. The second kappa shape index (κ2) is 6.28. The maximum atomic E-state index is 12.0. The number of ether oxygens (including phenoxy) is 4. The smallest absolute Gasteiger partial charge is 0.350 e. The van der Waals surface area contributed by atoms with E-state index in [1.54, 1.807) is 0 Å². The summed E-state index contributed by atoms with van der Waals surface area (Å²) in [5.74, 6) is -4.38. The summed E-state index contributed by atoms with van der Waals surface area (Å²) in [5.41, 5.74) is -0.342. The molecule has 10 heteroatoms. The first-order valence-corrected chi connectivity index (χ1v) is 7.90. The molecule has 124 valence electrons. The highest BCUT2D eigenvalue weighted by Gasteiger charge is 2.43. The van der Waals surface area contributed by atoms with Gasteiger partial charge in [0.2, 0.25) is 10.2 Å². The number of carbonyl (C=O) groups is 4. The van der Waals surface area contributed by atoms with Gasteiger partial charge < -0.3 is 18.9 Å². The molecule has 0 bridgehead atoms. The monoisotopic (exact) mass is 360 g/mol. The van der Waals surface area contributed by atoms with E-state index in [9.17, 15) is 19.2 Å². The Morgan fingerprint density at radius 2 is 1.30 bits per heavy atom. The highest BCUT2D eigenvalue weighted by Crippen LogP contribution is 2.52. The van der Waals surface area contributed by atoms with Crippen LogP contribution in [0.3, 0.4) is 0 Å². The maximum Gasteiger partial charge on any atom is 0.350 e. The average molecular weight is 360 g/mol. The zero-order chi connectivity index (χ0) is 17.4. The van der Waals surface area contributed by atoms with Gasteiger partial charge in [-0.15, -0.1) is 0 Å². The van der Waals surface area contributed by atoms with E-state index in [4.69, 9.17) is 18.9 Å². The first kappa shape index (κ1) is 17.4. The van der Waals surface area contributed by atoms with Gasteiger partial charge in [0.1, 0.15) is 0 Å². The van der Waals surface area contributed by atoms with Crippen molar-refractivity contribution >= 4 is 47.4 Å². The minimum atomic E-state index is -1.36. The maximum absolute atomic E-state index is 12.0. The molecule has 1 saturated heterocycles. The van der Waals surface area contributed by atoms with Crippen molar-refractivity contribution in [1.29, 1.82) is 0 Å². The van der Waals surface area contributed by atoms with E-state index in [-0.39, 0.29) is 20.0 Å². The molecule has 0 aliphatic carbocycles. The van der Waals surface area contributed by atoms with Crippen LogP contribution in [0.1, 0.15) is 27.7 Å². The fourth-order valence-corrected chi connectivity index (χ4v) is 3.89. The lowest BCUT2D eigenvalue weighted by Crippen LogP contribution is -2.42. The van der Waals surface area contributed by atoms with Gasteiger partial charge in [-0.05, 0) is 23.5 Å². The summed E-state index contributed by atoms with van der Waals surface area (Å²) in [4.78, 5) is 46.3. The molecule has 23 heavy (non-hydrogen) atoms. The van der Waals surface area contributed by atoms with Crippen LogP contribution in [0.2, 0.25) is 0 Å². The van der Waals surface area contributed by atoms with Crippen molar-refractivity contribution in [3.8, 4) is 0 Å². The number of esters is 4. The minimum Gasteiger partial charge on any atom is -0.419 e. The summed E-state index contributed by atoms with van der Waals surface area (Å²) in [6, 6.07) is 0. The van der Waals surface area contributed by atoms with Crippen LogP contribution in [0.15, 0.2) is 20.0 Å². The molecule has 0 aromatic rings. The molecule has 0 aromatic carbocycles. The summed E-state index contributed by atoms with van der Waals surface area (Å²) in [6.07, 6.45) is 0. The zero-order valence-electron chi connectivity index (χ0n) is 12.6. The summed E-state index contributed by atoms with van der Waals surface area (Å²) in [7, 11) is 0. The van der Waals surface area contributed by atoms with Crippen LogP contribution in [0.4, 0.5) is 0 Å². The molecule has 2 aliphatic heterocycles. The van der Waals surface area contributed by atoms with Crippen molar-refractivity contribution in [2.45, 2.75) is 33.5 Å². The largest absolute Gasteiger partial charge is 0.419 e. The standard InChI is InChI=1S/C13H12O8S2/c1-5(14)18-10-11(19-6(2)15)23-12(22-10)7-8(16)20-13(3,4)21-9(7)17/h1-4H3. The minimum absolute atomic E-state index is 0.0365. The lowest BCUT2D eigenvalue weighted by atomic mass is 10.2. The Morgan fingerprint density at radius 3 is 1.65 bits per heavy atom. The summed E-state index contributed by atoms with van der Waals surface area (Å²) < 4.78 is 20.0. The summed E-state index contributed by atoms with van der Waals surface area (Å²) in [5, 5.41) is -0.0729. The molecule has 0 radical (unpaired) electrons. The molecule has 0 N–H and O–H groups in total. The summed E-state index contributed by atoms with van der Waals surface area (Å²) >= 11 is 1.61.